The SMILES string of the molecule is CC1(C)CC[C@@H](CCN)O1. The van der Waals surface area contributed by atoms with Crippen LogP contribution < -0.4 is 5.73 Å². The Morgan fingerprint density at radius 3 is 2.70 bits per heavy atom. The molecule has 2 heteroatoms. The molecule has 0 unspecified atom stereocenters. The number of rotatable bonds is 2. The molecule has 1 fully saturated rings. The monoisotopic (exact) mass is 143 g/mol. The van der Waals surface area contributed by atoms with E-state index in [9.17, 15) is 0 Å². The lowest BCUT2D eigenvalue weighted by atomic mass is 10.0. The molecule has 1 atom stereocenters. The molecule has 1 saturated heterocycles. The van der Waals surface area contributed by atoms with Crippen molar-refractivity contribution < 1.29 is 4.74 Å². The fourth-order valence-corrected chi connectivity index (χ4v) is 1.47. The smallest absolute Gasteiger partial charge is 0.0631 e. The molecule has 2 N–H and O–H groups in total. The quantitative estimate of drug-likeness (QED) is 0.632. The van der Waals surface area contributed by atoms with Crippen molar-refractivity contribution in [3.8, 4) is 0 Å². The molecule has 10 heavy (non-hydrogen) atoms. The van der Waals surface area contributed by atoms with Crippen LogP contribution in [0.4, 0.5) is 0 Å². The highest BCUT2D eigenvalue weighted by Crippen LogP contribution is 2.30. The first-order valence-electron chi connectivity index (χ1n) is 4.02. The fourth-order valence-electron chi connectivity index (χ4n) is 1.47. The molecular formula is C8H17NO. The van der Waals surface area contributed by atoms with E-state index in [2.05, 4.69) is 13.8 Å². The van der Waals surface area contributed by atoms with Crippen molar-refractivity contribution in [2.75, 3.05) is 6.54 Å². The van der Waals surface area contributed by atoms with Gasteiger partial charge in [-0.3, -0.25) is 0 Å². The molecule has 0 radical (unpaired) electrons. The van der Waals surface area contributed by atoms with E-state index in [-0.39, 0.29) is 5.60 Å². The highest BCUT2D eigenvalue weighted by atomic mass is 16.5. The lowest BCUT2D eigenvalue weighted by Gasteiger charge is -2.18. The lowest BCUT2D eigenvalue weighted by molar-refractivity contribution is -0.0171. The van der Waals surface area contributed by atoms with E-state index >= 15 is 0 Å². The summed E-state index contributed by atoms with van der Waals surface area (Å²) in [6, 6.07) is 0. The van der Waals surface area contributed by atoms with Gasteiger partial charge in [0.15, 0.2) is 0 Å². The van der Waals surface area contributed by atoms with Gasteiger partial charge in [-0.2, -0.15) is 0 Å². The molecule has 0 bridgehead atoms. The van der Waals surface area contributed by atoms with Gasteiger partial charge in [-0.15, -0.1) is 0 Å². The number of ether oxygens (including phenoxy) is 1. The topological polar surface area (TPSA) is 35.2 Å². The van der Waals surface area contributed by atoms with Gasteiger partial charge in [0, 0.05) is 0 Å². The Balaban J connectivity index is 2.29. The molecule has 0 aliphatic carbocycles. The summed E-state index contributed by atoms with van der Waals surface area (Å²) < 4.78 is 5.71. The standard InChI is InChI=1S/C8H17NO/c1-8(2)5-3-7(10-8)4-6-9/h7H,3-6,9H2,1-2H3/t7-/m0/s1. The van der Waals surface area contributed by atoms with Crippen molar-refractivity contribution in [3.63, 3.8) is 0 Å². The number of hydrogen-bond acceptors (Lipinski definition) is 2. The minimum atomic E-state index is 0.111. The average molecular weight is 143 g/mol. The molecule has 2 nitrogen and oxygen atoms in total. The summed E-state index contributed by atoms with van der Waals surface area (Å²) in [5.41, 5.74) is 5.53. The molecular weight excluding hydrogens is 126 g/mol. The summed E-state index contributed by atoms with van der Waals surface area (Å²) >= 11 is 0. The number of hydrogen-bond donors (Lipinski definition) is 1. The van der Waals surface area contributed by atoms with Crippen LogP contribution >= 0.6 is 0 Å². The van der Waals surface area contributed by atoms with Crippen molar-refractivity contribution in [1.29, 1.82) is 0 Å². The second-order valence-electron chi connectivity index (χ2n) is 3.62. The molecule has 0 aromatic carbocycles. The zero-order chi connectivity index (χ0) is 7.61. The second kappa shape index (κ2) is 2.89. The van der Waals surface area contributed by atoms with Gasteiger partial charge in [-0.05, 0) is 39.7 Å². The lowest BCUT2D eigenvalue weighted by Crippen LogP contribution is -2.21. The van der Waals surface area contributed by atoms with E-state index in [1.54, 1.807) is 0 Å². The summed E-state index contributed by atoms with van der Waals surface area (Å²) in [5.74, 6) is 0. The van der Waals surface area contributed by atoms with Crippen molar-refractivity contribution in [1.82, 2.24) is 0 Å². The van der Waals surface area contributed by atoms with E-state index in [0.717, 1.165) is 13.0 Å². The molecule has 1 heterocycles. The third kappa shape index (κ3) is 1.96. The van der Waals surface area contributed by atoms with Gasteiger partial charge >= 0.3 is 0 Å². The molecule has 0 spiro atoms. The molecule has 0 aromatic heterocycles. The van der Waals surface area contributed by atoms with Crippen LogP contribution in [0.25, 0.3) is 0 Å². The van der Waals surface area contributed by atoms with Crippen molar-refractivity contribution >= 4 is 0 Å². The van der Waals surface area contributed by atoms with Crippen LogP contribution in [0.3, 0.4) is 0 Å². The molecule has 0 saturated carbocycles. The van der Waals surface area contributed by atoms with Crippen molar-refractivity contribution in [2.45, 2.75) is 44.8 Å². The third-order valence-corrected chi connectivity index (χ3v) is 2.04. The maximum atomic E-state index is 5.71. The maximum Gasteiger partial charge on any atom is 0.0631 e. The van der Waals surface area contributed by atoms with Crippen LogP contribution in [0.15, 0.2) is 0 Å². The van der Waals surface area contributed by atoms with E-state index in [1.165, 1.54) is 12.8 Å². The molecule has 1 rings (SSSR count). The van der Waals surface area contributed by atoms with Crippen molar-refractivity contribution in [3.05, 3.63) is 0 Å². The van der Waals surface area contributed by atoms with Crippen LogP contribution in [0.2, 0.25) is 0 Å². The minimum absolute atomic E-state index is 0.111. The second-order valence-corrected chi connectivity index (χ2v) is 3.62. The van der Waals surface area contributed by atoms with Gasteiger partial charge in [0.2, 0.25) is 0 Å². The summed E-state index contributed by atoms with van der Waals surface area (Å²) in [6.45, 7) is 5.04. The Kier molecular flexibility index (Phi) is 2.32. The normalized spacial score (nSPS) is 30.9. The first-order chi connectivity index (χ1) is 4.64. The van der Waals surface area contributed by atoms with Crippen LogP contribution in [-0.4, -0.2) is 18.2 Å². The number of nitrogens with two attached hydrogens (primary N) is 1. The third-order valence-electron chi connectivity index (χ3n) is 2.04. The van der Waals surface area contributed by atoms with Crippen LogP contribution in [0, 0.1) is 0 Å². The van der Waals surface area contributed by atoms with E-state index < -0.39 is 0 Å². The zero-order valence-electron chi connectivity index (χ0n) is 6.89. The molecule has 0 aromatic rings. The van der Waals surface area contributed by atoms with Gasteiger partial charge in [-0.25, -0.2) is 0 Å². The molecule has 1 aliphatic rings. The highest BCUT2D eigenvalue weighted by molar-refractivity contribution is 4.80. The predicted octanol–water partition coefficient (Wildman–Crippen LogP) is 1.29. The average Bonchev–Trinajstić information content (AvgIpc) is 2.12. The minimum Gasteiger partial charge on any atom is -0.372 e. The van der Waals surface area contributed by atoms with Crippen LogP contribution in [0.5, 0.6) is 0 Å². The summed E-state index contributed by atoms with van der Waals surface area (Å²) in [4.78, 5) is 0. The van der Waals surface area contributed by atoms with E-state index in [0.29, 0.717) is 6.10 Å². The van der Waals surface area contributed by atoms with Gasteiger partial charge in [0.1, 0.15) is 0 Å². The Morgan fingerprint density at radius 1 is 1.60 bits per heavy atom. The Hall–Kier alpha value is -0.0800. The highest BCUT2D eigenvalue weighted by Gasteiger charge is 2.30. The fraction of sp³-hybridized carbons (Fsp3) is 1.00. The summed E-state index contributed by atoms with van der Waals surface area (Å²) in [6.07, 6.45) is 3.81. The predicted molar refractivity (Wildman–Crippen MR) is 41.9 cm³/mol. The van der Waals surface area contributed by atoms with Crippen LogP contribution in [-0.2, 0) is 4.74 Å². The summed E-state index contributed by atoms with van der Waals surface area (Å²) in [7, 11) is 0. The van der Waals surface area contributed by atoms with E-state index in [1.807, 2.05) is 0 Å². The van der Waals surface area contributed by atoms with Gasteiger partial charge in [0.05, 0.1) is 11.7 Å². The maximum absolute atomic E-state index is 5.71. The van der Waals surface area contributed by atoms with Crippen molar-refractivity contribution in [2.24, 2.45) is 5.73 Å². The van der Waals surface area contributed by atoms with E-state index in [4.69, 9.17) is 10.5 Å². The molecule has 1 aliphatic heterocycles. The first kappa shape index (κ1) is 8.02. The molecule has 0 amide bonds. The van der Waals surface area contributed by atoms with Gasteiger partial charge in [-0.1, -0.05) is 0 Å². The largest absolute Gasteiger partial charge is 0.372 e. The Labute approximate surface area is 62.7 Å². The molecule has 60 valence electrons. The summed E-state index contributed by atoms with van der Waals surface area (Å²) in [5, 5.41) is 0. The zero-order valence-corrected chi connectivity index (χ0v) is 6.89. The van der Waals surface area contributed by atoms with Gasteiger partial charge < -0.3 is 10.5 Å². The van der Waals surface area contributed by atoms with Gasteiger partial charge in [0.25, 0.3) is 0 Å². The Bertz CT molecular complexity index is 112. The Morgan fingerprint density at radius 2 is 2.30 bits per heavy atom. The first-order valence-corrected chi connectivity index (χ1v) is 4.02. The van der Waals surface area contributed by atoms with Crippen LogP contribution in [0.1, 0.15) is 33.1 Å².